The maximum atomic E-state index is 6.71. The highest BCUT2D eigenvalue weighted by Gasteiger charge is 2.38. The fourth-order valence-electron chi connectivity index (χ4n) is 5.65. The predicted molar refractivity (Wildman–Crippen MR) is 127 cm³/mol. The lowest BCUT2D eigenvalue weighted by atomic mass is 9.83. The standard InChI is InChI=1S/C28H39NO/c1-4-9-22(5-2)27-20-23-11-6-7-12-26(23)28(27)30-25-15-13-24(14-16-25)29-18-8-10-21(3)17-19-29/h6-7,11-16,21-22,27-28H,4-5,8-10,17-20H2,1-3H3. The Morgan fingerprint density at radius 1 is 1.00 bits per heavy atom. The number of benzene rings is 2. The lowest BCUT2D eigenvalue weighted by molar-refractivity contribution is 0.103. The van der Waals surface area contributed by atoms with Crippen LogP contribution in [0.5, 0.6) is 5.75 Å². The van der Waals surface area contributed by atoms with E-state index in [1.54, 1.807) is 0 Å². The second kappa shape index (κ2) is 9.90. The van der Waals surface area contributed by atoms with E-state index in [0.717, 1.165) is 24.0 Å². The van der Waals surface area contributed by atoms with E-state index in [1.165, 1.54) is 68.4 Å². The van der Waals surface area contributed by atoms with Crippen molar-refractivity contribution < 1.29 is 4.74 Å². The molecule has 4 atom stereocenters. The lowest BCUT2D eigenvalue weighted by Gasteiger charge is -2.29. The van der Waals surface area contributed by atoms with Gasteiger partial charge >= 0.3 is 0 Å². The summed E-state index contributed by atoms with van der Waals surface area (Å²) in [6, 6.07) is 17.9. The minimum absolute atomic E-state index is 0.183. The van der Waals surface area contributed by atoms with Crippen molar-refractivity contribution in [2.24, 2.45) is 17.8 Å². The minimum Gasteiger partial charge on any atom is -0.485 e. The van der Waals surface area contributed by atoms with Crippen LogP contribution in [0, 0.1) is 17.8 Å². The molecule has 0 spiro atoms. The van der Waals surface area contributed by atoms with Crippen LogP contribution in [-0.2, 0) is 6.42 Å². The third-order valence-corrected chi connectivity index (χ3v) is 7.48. The Kier molecular flexibility index (Phi) is 7.02. The zero-order valence-corrected chi connectivity index (χ0v) is 19.1. The Morgan fingerprint density at radius 2 is 1.80 bits per heavy atom. The summed E-state index contributed by atoms with van der Waals surface area (Å²) in [6.45, 7) is 9.39. The highest BCUT2D eigenvalue weighted by Crippen LogP contribution is 2.45. The zero-order chi connectivity index (χ0) is 20.9. The summed E-state index contributed by atoms with van der Waals surface area (Å²) in [5.41, 5.74) is 4.23. The van der Waals surface area contributed by atoms with Gasteiger partial charge in [0.15, 0.2) is 0 Å². The van der Waals surface area contributed by atoms with Crippen LogP contribution in [0.3, 0.4) is 0 Å². The molecule has 1 heterocycles. The summed E-state index contributed by atoms with van der Waals surface area (Å²) in [5, 5.41) is 0. The summed E-state index contributed by atoms with van der Waals surface area (Å²) >= 11 is 0. The summed E-state index contributed by atoms with van der Waals surface area (Å²) in [6.07, 6.45) is 9.08. The molecule has 1 aliphatic heterocycles. The topological polar surface area (TPSA) is 12.5 Å². The van der Waals surface area contributed by atoms with Crippen LogP contribution in [0.1, 0.15) is 76.5 Å². The van der Waals surface area contributed by atoms with Crippen LogP contribution < -0.4 is 9.64 Å². The highest BCUT2D eigenvalue weighted by atomic mass is 16.5. The van der Waals surface area contributed by atoms with Crippen molar-refractivity contribution in [3.8, 4) is 5.75 Å². The van der Waals surface area contributed by atoms with E-state index in [1.807, 2.05) is 0 Å². The van der Waals surface area contributed by atoms with Crippen molar-refractivity contribution in [2.45, 2.75) is 71.8 Å². The molecule has 2 heteroatoms. The molecule has 1 aliphatic carbocycles. The monoisotopic (exact) mass is 405 g/mol. The number of fused-ring (bicyclic) bond motifs is 1. The lowest BCUT2D eigenvalue weighted by Crippen LogP contribution is -2.24. The number of rotatable bonds is 7. The molecule has 0 amide bonds. The van der Waals surface area contributed by atoms with Gasteiger partial charge < -0.3 is 9.64 Å². The molecular formula is C28H39NO. The molecule has 30 heavy (non-hydrogen) atoms. The first-order chi connectivity index (χ1) is 14.7. The molecule has 0 aromatic heterocycles. The number of anilines is 1. The molecule has 1 saturated heterocycles. The van der Waals surface area contributed by atoms with Crippen LogP contribution in [-0.4, -0.2) is 13.1 Å². The predicted octanol–water partition coefficient (Wildman–Crippen LogP) is 7.43. The molecule has 4 unspecified atom stereocenters. The molecule has 2 nitrogen and oxygen atoms in total. The van der Waals surface area contributed by atoms with E-state index < -0.39 is 0 Å². The number of ether oxygens (including phenoxy) is 1. The molecule has 0 radical (unpaired) electrons. The third-order valence-electron chi connectivity index (χ3n) is 7.48. The molecule has 4 rings (SSSR count). The van der Waals surface area contributed by atoms with E-state index >= 15 is 0 Å². The van der Waals surface area contributed by atoms with Gasteiger partial charge in [-0.05, 0) is 72.9 Å². The van der Waals surface area contributed by atoms with Gasteiger partial charge in [0.2, 0.25) is 0 Å². The van der Waals surface area contributed by atoms with Crippen molar-refractivity contribution in [1.29, 1.82) is 0 Å². The van der Waals surface area contributed by atoms with Crippen LogP contribution >= 0.6 is 0 Å². The second-order valence-corrected chi connectivity index (χ2v) is 9.58. The van der Waals surface area contributed by atoms with Gasteiger partial charge in [0, 0.05) is 24.7 Å². The molecule has 0 N–H and O–H groups in total. The molecule has 0 bridgehead atoms. The maximum absolute atomic E-state index is 6.71. The zero-order valence-electron chi connectivity index (χ0n) is 19.1. The van der Waals surface area contributed by atoms with E-state index in [-0.39, 0.29) is 6.10 Å². The van der Waals surface area contributed by atoms with Crippen LogP contribution in [0.25, 0.3) is 0 Å². The van der Waals surface area contributed by atoms with Crippen molar-refractivity contribution in [1.82, 2.24) is 0 Å². The van der Waals surface area contributed by atoms with Gasteiger partial charge in [0.25, 0.3) is 0 Å². The Balaban J connectivity index is 1.51. The number of hydrogen-bond donors (Lipinski definition) is 0. The average molecular weight is 406 g/mol. The molecular weight excluding hydrogens is 366 g/mol. The van der Waals surface area contributed by atoms with Crippen LogP contribution in [0.2, 0.25) is 0 Å². The molecule has 2 aliphatic rings. The van der Waals surface area contributed by atoms with Crippen molar-refractivity contribution in [3.05, 3.63) is 59.7 Å². The third kappa shape index (κ3) is 4.68. The van der Waals surface area contributed by atoms with Crippen molar-refractivity contribution in [3.63, 3.8) is 0 Å². The van der Waals surface area contributed by atoms with Crippen LogP contribution in [0.15, 0.2) is 48.5 Å². The number of nitrogens with zero attached hydrogens (tertiary/aromatic N) is 1. The smallest absolute Gasteiger partial charge is 0.127 e. The van der Waals surface area contributed by atoms with Gasteiger partial charge in [0.05, 0.1) is 0 Å². The first kappa shape index (κ1) is 21.3. The Hall–Kier alpha value is -1.96. The van der Waals surface area contributed by atoms with Gasteiger partial charge in [-0.2, -0.15) is 0 Å². The maximum Gasteiger partial charge on any atom is 0.127 e. The van der Waals surface area contributed by atoms with Gasteiger partial charge in [-0.15, -0.1) is 0 Å². The molecule has 2 aromatic carbocycles. The quantitative estimate of drug-likeness (QED) is 0.475. The van der Waals surface area contributed by atoms with Gasteiger partial charge in [0.1, 0.15) is 11.9 Å². The highest BCUT2D eigenvalue weighted by molar-refractivity contribution is 5.49. The second-order valence-electron chi connectivity index (χ2n) is 9.58. The fourth-order valence-corrected chi connectivity index (χ4v) is 5.65. The Labute approximate surface area is 183 Å². The largest absolute Gasteiger partial charge is 0.485 e. The van der Waals surface area contributed by atoms with E-state index in [2.05, 4.69) is 74.2 Å². The molecule has 1 fully saturated rings. The van der Waals surface area contributed by atoms with Crippen molar-refractivity contribution >= 4 is 5.69 Å². The summed E-state index contributed by atoms with van der Waals surface area (Å²) in [5.74, 6) is 3.18. The number of hydrogen-bond acceptors (Lipinski definition) is 2. The fraction of sp³-hybridized carbons (Fsp3) is 0.571. The normalized spacial score (nSPS) is 24.9. The van der Waals surface area contributed by atoms with Gasteiger partial charge in [-0.25, -0.2) is 0 Å². The molecule has 0 saturated carbocycles. The first-order valence-electron chi connectivity index (χ1n) is 12.3. The van der Waals surface area contributed by atoms with Crippen molar-refractivity contribution in [2.75, 3.05) is 18.0 Å². The Morgan fingerprint density at radius 3 is 2.57 bits per heavy atom. The van der Waals surface area contributed by atoms with E-state index in [9.17, 15) is 0 Å². The average Bonchev–Trinajstić information content (AvgIpc) is 2.98. The van der Waals surface area contributed by atoms with E-state index in [0.29, 0.717) is 5.92 Å². The van der Waals surface area contributed by atoms with Crippen LogP contribution in [0.4, 0.5) is 5.69 Å². The van der Waals surface area contributed by atoms with E-state index in [4.69, 9.17) is 4.74 Å². The Bertz CT molecular complexity index is 799. The summed E-state index contributed by atoms with van der Waals surface area (Å²) < 4.78 is 6.71. The summed E-state index contributed by atoms with van der Waals surface area (Å²) in [7, 11) is 0. The molecule has 162 valence electrons. The van der Waals surface area contributed by atoms with Gasteiger partial charge in [-0.3, -0.25) is 0 Å². The van der Waals surface area contributed by atoms with Gasteiger partial charge in [-0.1, -0.05) is 64.3 Å². The first-order valence-corrected chi connectivity index (χ1v) is 12.3. The minimum atomic E-state index is 0.183. The SMILES string of the molecule is CCCC(CC)C1Cc2ccccc2C1Oc1ccc(N2CCCC(C)CC2)cc1. The summed E-state index contributed by atoms with van der Waals surface area (Å²) in [4.78, 5) is 2.55. The molecule has 2 aromatic rings.